The van der Waals surface area contributed by atoms with Gasteiger partial charge in [-0.2, -0.15) is 4.72 Å². The van der Waals surface area contributed by atoms with Gasteiger partial charge in [0.05, 0.1) is 15.4 Å². The number of nitro benzene ring substituents is 1. The number of nitro groups is 1. The third-order valence-electron chi connectivity index (χ3n) is 7.60. The van der Waals surface area contributed by atoms with Crippen LogP contribution in [0.3, 0.4) is 0 Å². The number of rotatable bonds is 7. The Morgan fingerprint density at radius 3 is 2.23 bits per heavy atom. The zero-order valence-corrected chi connectivity index (χ0v) is 18.6. The number of aryl methyl sites for hydroxylation is 1. The highest BCUT2D eigenvalue weighted by Crippen LogP contribution is 2.57. The Morgan fingerprint density at radius 1 is 1.13 bits per heavy atom. The molecule has 4 saturated carbocycles. The molecule has 4 fully saturated rings. The smallest absolute Gasteiger partial charge is 0.270 e. The number of Topliss-reactive ketones (excluding diaryl/α,β-unsaturated/α-hetero) is 1. The lowest BCUT2D eigenvalue weighted by molar-refractivity contribution is -0.385. The minimum Gasteiger partial charge on any atom is -0.298 e. The van der Waals surface area contributed by atoms with Gasteiger partial charge in [0, 0.05) is 18.6 Å². The molecule has 164 valence electrons. The van der Waals surface area contributed by atoms with Crippen LogP contribution in [0, 0.1) is 46.6 Å². The summed E-state index contributed by atoms with van der Waals surface area (Å²) in [5.41, 5.74) is -1.17. The molecule has 0 amide bonds. The van der Waals surface area contributed by atoms with E-state index in [-0.39, 0.29) is 16.4 Å². The number of non-ortho nitro benzene ring substituents is 1. The first-order chi connectivity index (χ1) is 14.0. The molecule has 0 saturated heterocycles. The zero-order chi connectivity index (χ0) is 21.8. The third-order valence-corrected chi connectivity index (χ3v) is 9.40. The second kappa shape index (κ2) is 7.41. The molecule has 1 N–H and O–H groups in total. The molecule has 0 aliphatic heterocycles. The van der Waals surface area contributed by atoms with Crippen LogP contribution in [0.5, 0.6) is 0 Å². The fourth-order valence-electron chi connectivity index (χ4n) is 6.28. The van der Waals surface area contributed by atoms with Crippen molar-refractivity contribution in [1.82, 2.24) is 4.72 Å². The summed E-state index contributed by atoms with van der Waals surface area (Å²) in [6, 6.07) is 3.74. The van der Waals surface area contributed by atoms with Gasteiger partial charge < -0.3 is 0 Å². The summed E-state index contributed by atoms with van der Waals surface area (Å²) in [6.45, 7) is 4.77. The summed E-state index contributed by atoms with van der Waals surface area (Å²) in [5, 5.41) is 11.1. The molecule has 4 bridgehead atoms. The maximum absolute atomic E-state index is 13.2. The molecule has 0 unspecified atom stereocenters. The normalized spacial score (nSPS) is 30.4. The average molecular weight is 435 g/mol. The minimum atomic E-state index is -4.09. The van der Waals surface area contributed by atoms with Crippen molar-refractivity contribution in [1.29, 1.82) is 0 Å². The fraction of sp³-hybridized carbons (Fsp3) is 0.682. The largest absolute Gasteiger partial charge is 0.298 e. The van der Waals surface area contributed by atoms with Gasteiger partial charge in [0.15, 0.2) is 5.78 Å². The van der Waals surface area contributed by atoms with Crippen molar-refractivity contribution in [2.24, 2.45) is 29.6 Å². The molecule has 7 nitrogen and oxygen atoms in total. The van der Waals surface area contributed by atoms with Crippen LogP contribution in [-0.4, -0.2) is 24.7 Å². The highest BCUT2D eigenvalue weighted by Gasteiger charge is 2.49. The fourth-order valence-corrected chi connectivity index (χ4v) is 7.94. The number of nitrogens with one attached hydrogen (secondary N) is 1. The molecule has 4 aliphatic rings. The van der Waals surface area contributed by atoms with Crippen molar-refractivity contribution in [3.63, 3.8) is 0 Å². The molecule has 0 aromatic heterocycles. The molecule has 0 spiro atoms. The van der Waals surface area contributed by atoms with E-state index in [1.54, 1.807) is 20.8 Å². The summed E-state index contributed by atoms with van der Waals surface area (Å²) in [4.78, 5) is 23.5. The Labute approximate surface area is 177 Å². The van der Waals surface area contributed by atoms with Gasteiger partial charge >= 0.3 is 0 Å². The predicted octanol–water partition coefficient (Wildman–Crippen LogP) is 3.99. The van der Waals surface area contributed by atoms with Gasteiger partial charge in [-0.3, -0.25) is 14.9 Å². The van der Waals surface area contributed by atoms with E-state index >= 15 is 0 Å². The number of ketones is 1. The molecule has 30 heavy (non-hydrogen) atoms. The molecule has 8 heteroatoms. The van der Waals surface area contributed by atoms with Gasteiger partial charge in [0.1, 0.15) is 0 Å². The van der Waals surface area contributed by atoms with Gasteiger partial charge in [-0.05, 0) is 88.0 Å². The number of sulfonamides is 1. The van der Waals surface area contributed by atoms with Gasteiger partial charge in [-0.1, -0.05) is 6.07 Å². The van der Waals surface area contributed by atoms with Crippen molar-refractivity contribution >= 4 is 21.5 Å². The van der Waals surface area contributed by atoms with E-state index in [2.05, 4.69) is 4.72 Å². The number of nitrogens with zero attached hydrogens (tertiary/aromatic N) is 1. The maximum Gasteiger partial charge on any atom is 0.270 e. The van der Waals surface area contributed by atoms with Crippen molar-refractivity contribution in [3.8, 4) is 0 Å². The second-order valence-corrected chi connectivity index (χ2v) is 11.8. The van der Waals surface area contributed by atoms with Crippen molar-refractivity contribution in [2.45, 2.75) is 69.7 Å². The first-order valence-electron chi connectivity index (χ1n) is 10.8. The Hall–Kier alpha value is -1.80. The predicted molar refractivity (Wildman–Crippen MR) is 112 cm³/mol. The maximum atomic E-state index is 13.2. The Balaban J connectivity index is 1.50. The van der Waals surface area contributed by atoms with E-state index in [1.807, 2.05) is 0 Å². The van der Waals surface area contributed by atoms with Crippen molar-refractivity contribution in [2.75, 3.05) is 0 Å². The number of hydrogen-bond acceptors (Lipinski definition) is 5. The van der Waals surface area contributed by atoms with E-state index in [0.717, 1.165) is 17.9 Å². The number of benzene rings is 1. The van der Waals surface area contributed by atoms with Crippen LogP contribution in [0.4, 0.5) is 5.69 Å². The third kappa shape index (κ3) is 3.91. The van der Waals surface area contributed by atoms with E-state index < -0.39 is 20.5 Å². The molecule has 1 aromatic rings. The number of carbonyl (C=O) groups excluding carboxylic acids is 1. The van der Waals surface area contributed by atoms with Crippen molar-refractivity contribution < 1.29 is 18.1 Å². The van der Waals surface area contributed by atoms with Crippen LogP contribution >= 0.6 is 0 Å². The van der Waals surface area contributed by atoms with Crippen LogP contribution in [0.15, 0.2) is 23.1 Å². The summed E-state index contributed by atoms with van der Waals surface area (Å²) < 4.78 is 28.5. The average Bonchev–Trinajstić information content (AvgIpc) is 2.63. The van der Waals surface area contributed by atoms with Gasteiger partial charge in [-0.25, -0.2) is 8.42 Å². The Kier molecular flexibility index (Phi) is 5.29. The molecular weight excluding hydrogens is 404 g/mol. The van der Waals surface area contributed by atoms with Gasteiger partial charge in [0.25, 0.3) is 5.69 Å². The van der Waals surface area contributed by atoms with E-state index in [0.29, 0.717) is 29.7 Å². The highest BCUT2D eigenvalue weighted by atomic mass is 32.2. The van der Waals surface area contributed by atoms with Crippen LogP contribution in [-0.2, 0) is 14.8 Å². The van der Waals surface area contributed by atoms with Crippen LogP contribution in [0.2, 0.25) is 0 Å². The topological polar surface area (TPSA) is 106 Å². The van der Waals surface area contributed by atoms with E-state index in [1.165, 1.54) is 44.2 Å². The molecule has 0 radical (unpaired) electrons. The quantitative estimate of drug-likeness (QED) is 0.516. The second-order valence-electron chi connectivity index (χ2n) is 10.2. The standard InChI is InChI=1S/C22H30N2O5S/c1-13-4-5-18(24(26)27)11-20(13)30(28,29)23-22(2,3)21(25)12-19-16-7-14-6-15(9-16)10-17(19)8-14/h4-5,11,14-17,19,23H,6-10,12H2,1-3H3. The van der Waals surface area contributed by atoms with E-state index in [4.69, 9.17) is 0 Å². The summed E-state index contributed by atoms with van der Waals surface area (Å²) in [5.74, 6) is 3.08. The van der Waals surface area contributed by atoms with E-state index in [9.17, 15) is 23.3 Å². The van der Waals surface area contributed by atoms with Crippen LogP contribution in [0.1, 0.15) is 57.9 Å². The first kappa shape index (κ1) is 21.4. The highest BCUT2D eigenvalue weighted by molar-refractivity contribution is 7.89. The monoisotopic (exact) mass is 434 g/mol. The van der Waals surface area contributed by atoms with Crippen LogP contribution in [0.25, 0.3) is 0 Å². The zero-order valence-electron chi connectivity index (χ0n) is 17.8. The lowest BCUT2D eigenvalue weighted by Gasteiger charge is -2.54. The molecule has 0 atom stereocenters. The Bertz CT molecular complexity index is 957. The minimum absolute atomic E-state index is 0.105. The Morgan fingerprint density at radius 2 is 1.70 bits per heavy atom. The molecule has 0 heterocycles. The SMILES string of the molecule is Cc1ccc([N+](=O)[O-])cc1S(=O)(=O)NC(C)(C)C(=O)CC1C2CC3CC(C2)CC1C3. The van der Waals surface area contributed by atoms with Gasteiger partial charge in [0.2, 0.25) is 10.0 Å². The summed E-state index contributed by atoms with van der Waals surface area (Å²) >= 11 is 0. The van der Waals surface area contributed by atoms with Crippen molar-refractivity contribution in [3.05, 3.63) is 33.9 Å². The van der Waals surface area contributed by atoms with Crippen LogP contribution < -0.4 is 4.72 Å². The number of carbonyl (C=O) groups is 1. The summed E-state index contributed by atoms with van der Waals surface area (Å²) in [6.07, 6.45) is 6.60. The molecular formula is C22H30N2O5S. The molecule has 1 aromatic carbocycles. The lowest BCUT2D eigenvalue weighted by atomic mass is 9.51. The first-order valence-corrected chi connectivity index (χ1v) is 12.3. The molecule has 5 rings (SSSR count). The lowest BCUT2D eigenvalue weighted by Crippen LogP contribution is -2.52. The number of hydrogen-bond donors (Lipinski definition) is 1. The molecule has 4 aliphatic carbocycles. The van der Waals surface area contributed by atoms with Gasteiger partial charge in [-0.15, -0.1) is 0 Å². The summed E-state index contributed by atoms with van der Waals surface area (Å²) in [7, 11) is -4.09.